The van der Waals surface area contributed by atoms with Gasteiger partial charge in [0.25, 0.3) is 11.8 Å². The van der Waals surface area contributed by atoms with Crippen molar-refractivity contribution in [3.05, 3.63) is 89.0 Å². The Labute approximate surface area is 272 Å². The van der Waals surface area contributed by atoms with Gasteiger partial charge in [-0.25, -0.2) is 0 Å². The quantitative estimate of drug-likeness (QED) is 0.188. The monoisotopic (exact) mass is 626 g/mol. The second-order valence-electron chi connectivity index (χ2n) is 12.5. The first-order valence-electron chi connectivity index (χ1n) is 16.3. The molecule has 9 heteroatoms. The van der Waals surface area contributed by atoms with Gasteiger partial charge in [0.1, 0.15) is 0 Å². The van der Waals surface area contributed by atoms with Crippen molar-refractivity contribution in [1.29, 1.82) is 0 Å². The van der Waals surface area contributed by atoms with E-state index in [2.05, 4.69) is 46.3 Å². The molecule has 0 spiro atoms. The van der Waals surface area contributed by atoms with Crippen molar-refractivity contribution in [2.45, 2.75) is 52.1 Å². The first-order valence-corrected chi connectivity index (χ1v) is 16.3. The van der Waals surface area contributed by atoms with E-state index < -0.39 is 6.04 Å². The van der Waals surface area contributed by atoms with Crippen LogP contribution in [0.5, 0.6) is 11.5 Å². The van der Waals surface area contributed by atoms with Crippen molar-refractivity contribution in [3.63, 3.8) is 0 Å². The second-order valence-corrected chi connectivity index (χ2v) is 12.5. The summed E-state index contributed by atoms with van der Waals surface area (Å²) in [7, 11) is 3.14. The largest absolute Gasteiger partial charge is 0.493 e. The number of methoxy groups -OCH3 is 2. The van der Waals surface area contributed by atoms with Crippen LogP contribution in [0.15, 0.2) is 66.7 Å². The van der Waals surface area contributed by atoms with Gasteiger partial charge in [-0.15, -0.1) is 0 Å². The fourth-order valence-corrected chi connectivity index (χ4v) is 6.60. The van der Waals surface area contributed by atoms with Gasteiger partial charge in [-0.2, -0.15) is 0 Å². The maximum Gasteiger partial charge on any atom is 0.264 e. The Hall–Kier alpha value is -4.37. The van der Waals surface area contributed by atoms with Crippen LogP contribution in [0.3, 0.4) is 0 Å². The highest BCUT2D eigenvalue weighted by Crippen LogP contribution is 2.40. The molecule has 3 aromatic carbocycles. The lowest BCUT2D eigenvalue weighted by atomic mass is 9.99. The van der Waals surface area contributed by atoms with Gasteiger partial charge in [0.05, 0.1) is 37.1 Å². The minimum atomic E-state index is -0.550. The number of fused-ring (bicyclic) bond motifs is 1. The molecule has 0 aliphatic carbocycles. The minimum Gasteiger partial charge on any atom is -0.493 e. The van der Waals surface area contributed by atoms with Crippen LogP contribution in [0.1, 0.15) is 84.0 Å². The molecule has 2 unspecified atom stereocenters. The van der Waals surface area contributed by atoms with E-state index in [-0.39, 0.29) is 23.6 Å². The first-order chi connectivity index (χ1) is 22.2. The predicted octanol–water partition coefficient (Wildman–Crippen LogP) is 5.87. The van der Waals surface area contributed by atoms with Crippen LogP contribution in [0.25, 0.3) is 0 Å². The number of carbonyl (C=O) groups is 3. The molecule has 46 heavy (non-hydrogen) atoms. The van der Waals surface area contributed by atoms with Crippen molar-refractivity contribution >= 4 is 23.4 Å². The normalized spacial score (nSPS) is 16.4. The average Bonchev–Trinajstić information content (AvgIpc) is 3.33. The number of carbonyl (C=O) groups excluding carboxylic acids is 3. The zero-order valence-electron chi connectivity index (χ0n) is 27.6. The number of anilines is 1. The van der Waals surface area contributed by atoms with Crippen molar-refractivity contribution in [3.8, 4) is 11.5 Å². The Balaban J connectivity index is 1.37. The number of benzene rings is 3. The van der Waals surface area contributed by atoms with Crippen molar-refractivity contribution in [2.24, 2.45) is 5.92 Å². The third kappa shape index (κ3) is 7.04. The molecule has 3 aromatic rings. The fraction of sp³-hybridized carbons (Fsp3) is 0.432. The summed E-state index contributed by atoms with van der Waals surface area (Å²) in [5.41, 5.74) is 3.75. The summed E-state index contributed by atoms with van der Waals surface area (Å²) in [6.07, 6.45) is 1.53. The summed E-state index contributed by atoms with van der Waals surface area (Å²) < 4.78 is 11.0. The Bertz CT molecular complexity index is 1530. The summed E-state index contributed by atoms with van der Waals surface area (Å²) in [4.78, 5) is 46.7. The molecule has 1 saturated heterocycles. The van der Waals surface area contributed by atoms with Crippen LogP contribution in [0.4, 0.5) is 5.69 Å². The van der Waals surface area contributed by atoms with Crippen LogP contribution in [0, 0.1) is 5.92 Å². The zero-order valence-corrected chi connectivity index (χ0v) is 27.6. The van der Waals surface area contributed by atoms with E-state index in [1.807, 2.05) is 44.2 Å². The maximum absolute atomic E-state index is 14.3. The minimum absolute atomic E-state index is 0.00120. The molecule has 1 N–H and O–H groups in total. The molecule has 1 fully saturated rings. The van der Waals surface area contributed by atoms with Gasteiger partial charge in [-0.05, 0) is 61.1 Å². The van der Waals surface area contributed by atoms with Crippen LogP contribution in [0.2, 0.25) is 0 Å². The molecule has 5 rings (SSSR count). The lowest BCUT2D eigenvalue weighted by Gasteiger charge is -2.39. The second kappa shape index (κ2) is 14.8. The fourth-order valence-electron chi connectivity index (χ4n) is 6.60. The smallest absolute Gasteiger partial charge is 0.264 e. The number of ether oxygens (including phenoxy) is 2. The molecule has 9 nitrogen and oxygen atoms in total. The molecule has 2 heterocycles. The number of rotatable bonds is 13. The highest BCUT2D eigenvalue weighted by Gasteiger charge is 2.43. The first kappa shape index (κ1) is 33.0. The molecular weight excluding hydrogens is 580 g/mol. The van der Waals surface area contributed by atoms with E-state index >= 15 is 0 Å². The van der Waals surface area contributed by atoms with Gasteiger partial charge in [0.2, 0.25) is 5.91 Å². The Morgan fingerprint density at radius 1 is 0.826 bits per heavy atom. The zero-order chi connectivity index (χ0) is 32.8. The molecule has 244 valence electrons. The number of piperazine rings is 1. The van der Waals surface area contributed by atoms with Gasteiger partial charge in [-0.1, -0.05) is 56.3 Å². The van der Waals surface area contributed by atoms with Crippen molar-refractivity contribution < 1.29 is 23.9 Å². The van der Waals surface area contributed by atoms with Crippen LogP contribution in [-0.2, 0) is 4.79 Å². The number of nitrogens with zero attached hydrogens (tertiary/aromatic N) is 3. The number of imide groups is 1. The standard InChI is InChI=1S/C37H46N4O5/c1-25(2)23-34(42)38-18-10-15-30(28-16-17-32(45-4)33(24-28)46-5)41-36(43)29-13-9-14-31(35(29)37(41)44)40-21-19-39(20-22-40)26(3)27-11-7-6-8-12-27/h6-9,11-14,16-17,24-26,30H,10,15,18-23H2,1-5H3,(H,38,42). The molecule has 2 aliphatic rings. The number of hydrogen-bond donors (Lipinski definition) is 1. The Morgan fingerprint density at radius 2 is 1.54 bits per heavy atom. The summed E-state index contributed by atoms with van der Waals surface area (Å²) in [5, 5.41) is 2.98. The SMILES string of the molecule is COc1ccc(C(CCCNC(=O)CC(C)C)N2C(=O)c3cccc(N4CCN(C(C)c5ccccc5)CC4)c3C2=O)cc1OC. The van der Waals surface area contributed by atoms with E-state index in [9.17, 15) is 14.4 Å². The topological polar surface area (TPSA) is 91.4 Å². The highest BCUT2D eigenvalue weighted by molar-refractivity contribution is 6.24. The average molecular weight is 627 g/mol. The molecule has 2 aliphatic heterocycles. The molecule has 3 amide bonds. The molecular formula is C37H46N4O5. The maximum atomic E-state index is 14.3. The molecule has 0 bridgehead atoms. The van der Waals surface area contributed by atoms with E-state index in [0.29, 0.717) is 54.5 Å². The van der Waals surface area contributed by atoms with Gasteiger partial charge in [-0.3, -0.25) is 24.2 Å². The third-order valence-electron chi connectivity index (χ3n) is 9.08. The van der Waals surface area contributed by atoms with Gasteiger partial charge >= 0.3 is 0 Å². The lowest BCUT2D eigenvalue weighted by Crippen LogP contribution is -2.47. The van der Waals surface area contributed by atoms with Crippen LogP contribution in [-0.4, -0.2) is 74.5 Å². The number of hydrogen-bond acceptors (Lipinski definition) is 7. The van der Waals surface area contributed by atoms with Gasteiger partial charge < -0.3 is 19.7 Å². The van der Waals surface area contributed by atoms with Gasteiger partial charge in [0.15, 0.2) is 11.5 Å². The van der Waals surface area contributed by atoms with Crippen LogP contribution < -0.4 is 19.7 Å². The van der Waals surface area contributed by atoms with Crippen LogP contribution >= 0.6 is 0 Å². The summed E-state index contributed by atoms with van der Waals surface area (Å²) in [6.45, 7) is 9.91. The number of nitrogens with one attached hydrogen (secondary N) is 1. The van der Waals surface area contributed by atoms with Crippen molar-refractivity contribution in [1.82, 2.24) is 15.1 Å². The number of amides is 3. The molecule has 2 atom stereocenters. The van der Waals surface area contributed by atoms with E-state index in [1.165, 1.54) is 10.5 Å². The molecule has 0 saturated carbocycles. The van der Waals surface area contributed by atoms with E-state index in [4.69, 9.17) is 9.47 Å². The summed E-state index contributed by atoms with van der Waals surface area (Å²) in [6, 6.07) is 21.3. The van der Waals surface area contributed by atoms with E-state index in [0.717, 1.165) is 37.4 Å². The molecule has 0 aromatic heterocycles. The van der Waals surface area contributed by atoms with E-state index in [1.54, 1.807) is 26.4 Å². The molecule has 0 radical (unpaired) electrons. The van der Waals surface area contributed by atoms with Gasteiger partial charge in [0, 0.05) is 45.2 Å². The summed E-state index contributed by atoms with van der Waals surface area (Å²) in [5.74, 6) is 0.760. The predicted molar refractivity (Wildman–Crippen MR) is 180 cm³/mol. The third-order valence-corrected chi connectivity index (χ3v) is 9.08. The lowest BCUT2D eigenvalue weighted by molar-refractivity contribution is -0.121. The Morgan fingerprint density at radius 3 is 2.22 bits per heavy atom. The highest BCUT2D eigenvalue weighted by atomic mass is 16.5. The Kier molecular flexibility index (Phi) is 10.6. The van der Waals surface area contributed by atoms with Crippen molar-refractivity contribution in [2.75, 3.05) is 51.8 Å². The summed E-state index contributed by atoms with van der Waals surface area (Å²) >= 11 is 0.